The predicted molar refractivity (Wildman–Crippen MR) is 65.6 cm³/mol. The predicted octanol–water partition coefficient (Wildman–Crippen LogP) is -0.309. The van der Waals surface area contributed by atoms with Crippen molar-refractivity contribution < 1.29 is 5.11 Å². The molecular formula is C12H25N3O. The molecule has 4 nitrogen and oxygen atoms in total. The van der Waals surface area contributed by atoms with Crippen LogP contribution in [0.15, 0.2) is 0 Å². The Kier molecular flexibility index (Phi) is 3.85. The van der Waals surface area contributed by atoms with Gasteiger partial charge in [0.15, 0.2) is 0 Å². The summed E-state index contributed by atoms with van der Waals surface area (Å²) < 4.78 is 0. The van der Waals surface area contributed by atoms with Crippen molar-refractivity contribution in [2.24, 2.45) is 0 Å². The van der Waals surface area contributed by atoms with Crippen molar-refractivity contribution in [3.63, 3.8) is 0 Å². The molecule has 0 atom stereocenters. The van der Waals surface area contributed by atoms with E-state index in [0.29, 0.717) is 0 Å². The van der Waals surface area contributed by atoms with Gasteiger partial charge in [0.05, 0.1) is 5.60 Å². The lowest BCUT2D eigenvalue weighted by Crippen LogP contribution is -2.62. The molecule has 0 unspecified atom stereocenters. The maximum Gasteiger partial charge on any atom is 0.0897 e. The zero-order valence-corrected chi connectivity index (χ0v) is 10.7. The van der Waals surface area contributed by atoms with Gasteiger partial charge in [0.2, 0.25) is 0 Å². The van der Waals surface area contributed by atoms with Gasteiger partial charge in [-0.15, -0.1) is 0 Å². The Bertz CT molecular complexity index is 220. The average Bonchev–Trinajstić information content (AvgIpc) is 2.25. The molecule has 2 heterocycles. The maximum atomic E-state index is 9.90. The fraction of sp³-hybridized carbons (Fsp3) is 1.00. The molecule has 0 spiro atoms. The van der Waals surface area contributed by atoms with Gasteiger partial charge in [0, 0.05) is 52.4 Å². The van der Waals surface area contributed by atoms with Crippen LogP contribution in [0.5, 0.6) is 0 Å². The van der Waals surface area contributed by atoms with Gasteiger partial charge in [0.25, 0.3) is 0 Å². The summed E-state index contributed by atoms with van der Waals surface area (Å²) in [5.74, 6) is 0. The second-order valence-electron chi connectivity index (χ2n) is 5.43. The molecular weight excluding hydrogens is 202 g/mol. The van der Waals surface area contributed by atoms with Gasteiger partial charge in [0.1, 0.15) is 0 Å². The molecule has 2 saturated heterocycles. The van der Waals surface area contributed by atoms with Gasteiger partial charge in [-0.05, 0) is 13.5 Å². The lowest BCUT2D eigenvalue weighted by molar-refractivity contribution is -0.101. The van der Waals surface area contributed by atoms with Crippen molar-refractivity contribution >= 4 is 0 Å². The van der Waals surface area contributed by atoms with Crippen molar-refractivity contribution in [3.8, 4) is 0 Å². The van der Waals surface area contributed by atoms with Crippen LogP contribution in [0, 0.1) is 0 Å². The second-order valence-corrected chi connectivity index (χ2v) is 5.43. The number of β-amino-alcohol motifs (C(OH)–C–C–N with tert-alkyl or cyclic N) is 1. The van der Waals surface area contributed by atoms with E-state index in [-0.39, 0.29) is 5.60 Å². The number of likely N-dealkylation sites (tertiary alicyclic amines) is 1. The largest absolute Gasteiger partial charge is 0.387 e. The summed E-state index contributed by atoms with van der Waals surface area (Å²) in [6.45, 7) is 10.9. The van der Waals surface area contributed by atoms with Crippen LogP contribution in [-0.2, 0) is 0 Å². The lowest BCUT2D eigenvalue weighted by Gasteiger charge is -2.47. The van der Waals surface area contributed by atoms with Crippen LogP contribution in [0.3, 0.4) is 0 Å². The van der Waals surface area contributed by atoms with Crippen molar-refractivity contribution in [3.05, 3.63) is 0 Å². The molecule has 4 heteroatoms. The quantitative estimate of drug-likeness (QED) is 0.714. The standard InChI is InChI=1S/C12H25N3O/c1-3-12(16)10-15(11-12)9-8-14-6-4-13(2)5-7-14/h16H,3-11H2,1-2H3. The molecule has 0 saturated carbocycles. The third-order valence-corrected chi connectivity index (χ3v) is 4.02. The minimum atomic E-state index is -0.373. The average molecular weight is 227 g/mol. The first kappa shape index (κ1) is 12.3. The van der Waals surface area contributed by atoms with E-state index < -0.39 is 0 Å². The molecule has 0 aromatic rings. The van der Waals surface area contributed by atoms with E-state index in [1.165, 1.54) is 26.2 Å². The van der Waals surface area contributed by atoms with Crippen LogP contribution >= 0.6 is 0 Å². The fourth-order valence-corrected chi connectivity index (χ4v) is 2.52. The monoisotopic (exact) mass is 227 g/mol. The summed E-state index contributed by atoms with van der Waals surface area (Å²) in [4.78, 5) is 7.28. The van der Waals surface area contributed by atoms with E-state index in [4.69, 9.17) is 0 Å². The molecule has 0 radical (unpaired) electrons. The van der Waals surface area contributed by atoms with E-state index in [2.05, 4.69) is 28.7 Å². The minimum Gasteiger partial charge on any atom is -0.387 e. The van der Waals surface area contributed by atoms with Crippen LogP contribution < -0.4 is 0 Å². The number of hydrogen-bond acceptors (Lipinski definition) is 4. The number of piperazine rings is 1. The molecule has 0 aromatic carbocycles. The van der Waals surface area contributed by atoms with E-state index in [1.54, 1.807) is 0 Å². The van der Waals surface area contributed by atoms with Gasteiger partial charge in [-0.25, -0.2) is 0 Å². The normalized spacial score (nSPS) is 27.9. The second kappa shape index (κ2) is 5.00. The molecule has 1 N–H and O–H groups in total. The van der Waals surface area contributed by atoms with Gasteiger partial charge in [-0.2, -0.15) is 0 Å². The first-order valence-corrected chi connectivity index (χ1v) is 6.47. The zero-order chi connectivity index (χ0) is 11.6. The van der Waals surface area contributed by atoms with E-state index >= 15 is 0 Å². The highest BCUT2D eigenvalue weighted by atomic mass is 16.3. The Labute approximate surface area is 98.8 Å². The van der Waals surface area contributed by atoms with Crippen molar-refractivity contribution in [2.45, 2.75) is 18.9 Å². The van der Waals surface area contributed by atoms with Crippen LogP contribution in [0.4, 0.5) is 0 Å². The number of aliphatic hydroxyl groups is 1. The van der Waals surface area contributed by atoms with Crippen LogP contribution in [0.1, 0.15) is 13.3 Å². The molecule has 0 aliphatic carbocycles. The topological polar surface area (TPSA) is 30.0 Å². The van der Waals surface area contributed by atoms with Crippen LogP contribution in [-0.4, -0.2) is 84.8 Å². The van der Waals surface area contributed by atoms with Crippen LogP contribution in [0.25, 0.3) is 0 Å². The first-order valence-electron chi connectivity index (χ1n) is 6.47. The molecule has 94 valence electrons. The molecule has 16 heavy (non-hydrogen) atoms. The fourth-order valence-electron chi connectivity index (χ4n) is 2.52. The highest BCUT2D eigenvalue weighted by Crippen LogP contribution is 2.23. The van der Waals surface area contributed by atoms with Gasteiger partial charge < -0.3 is 10.0 Å². The van der Waals surface area contributed by atoms with E-state index in [9.17, 15) is 5.11 Å². The summed E-state index contributed by atoms with van der Waals surface area (Å²) in [5, 5.41) is 9.90. The SMILES string of the molecule is CCC1(O)CN(CCN2CCN(C)CC2)C1. The van der Waals surface area contributed by atoms with Gasteiger partial charge in [-0.3, -0.25) is 9.80 Å². The zero-order valence-electron chi connectivity index (χ0n) is 10.7. The number of hydrogen-bond donors (Lipinski definition) is 1. The van der Waals surface area contributed by atoms with E-state index in [1.807, 2.05) is 0 Å². The Hall–Kier alpha value is -0.160. The number of rotatable bonds is 4. The Balaban J connectivity index is 1.59. The first-order chi connectivity index (χ1) is 7.61. The third-order valence-electron chi connectivity index (χ3n) is 4.02. The summed E-state index contributed by atoms with van der Waals surface area (Å²) >= 11 is 0. The maximum absolute atomic E-state index is 9.90. The lowest BCUT2D eigenvalue weighted by atomic mass is 9.91. The number of nitrogens with zero attached hydrogens (tertiary/aromatic N) is 3. The highest BCUT2D eigenvalue weighted by Gasteiger charge is 2.38. The molecule has 2 fully saturated rings. The highest BCUT2D eigenvalue weighted by molar-refractivity contribution is 4.94. The van der Waals surface area contributed by atoms with Crippen molar-refractivity contribution in [1.82, 2.24) is 14.7 Å². The summed E-state index contributed by atoms with van der Waals surface area (Å²) in [5.41, 5.74) is -0.373. The van der Waals surface area contributed by atoms with E-state index in [0.717, 1.165) is 32.6 Å². The van der Waals surface area contributed by atoms with Gasteiger partial charge >= 0.3 is 0 Å². The number of likely N-dealkylation sites (N-methyl/N-ethyl adjacent to an activating group) is 1. The molecule has 0 aromatic heterocycles. The van der Waals surface area contributed by atoms with Crippen molar-refractivity contribution in [1.29, 1.82) is 0 Å². The smallest absolute Gasteiger partial charge is 0.0897 e. The molecule has 2 aliphatic rings. The third kappa shape index (κ3) is 2.94. The summed E-state index contributed by atoms with van der Waals surface area (Å²) in [7, 11) is 2.19. The molecule has 0 bridgehead atoms. The molecule has 2 rings (SSSR count). The minimum absolute atomic E-state index is 0.373. The molecule has 0 amide bonds. The Morgan fingerprint density at radius 3 is 2.12 bits per heavy atom. The Morgan fingerprint density at radius 2 is 1.56 bits per heavy atom. The van der Waals surface area contributed by atoms with Crippen molar-refractivity contribution in [2.75, 3.05) is 59.4 Å². The summed E-state index contributed by atoms with van der Waals surface area (Å²) in [6, 6.07) is 0. The summed E-state index contributed by atoms with van der Waals surface area (Å²) in [6.07, 6.45) is 0.887. The van der Waals surface area contributed by atoms with Gasteiger partial charge in [-0.1, -0.05) is 6.92 Å². The van der Waals surface area contributed by atoms with Crippen LogP contribution in [0.2, 0.25) is 0 Å². The molecule has 2 aliphatic heterocycles. The Morgan fingerprint density at radius 1 is 1.00 bits per heavy atom.